The van der Waals surface area contributed by atoms with Crippen LogP contribution in [-0.4, -0.2) is 22.9 Å². The Morgan fingerprint density at radius 3 is 2.15 bits per heavy atom. The van der Waals surface area contributed by atoms with Crippen molar-refractivity contribution in [3.8, 4) is 0 Å². The molecule has 1 atom stereocenters. The van der Waals surface area contributed by atoms with Crippen LogP contribution in [-0.2, 0) is 19.3 Å². The van der Waals surface area contributed by atoms with E-state index >= 15 is 0 Å². The van der Waals surface area contributed by atoms with Gasteiger partial charge in [0.05, 0.1) is 6.10 Å². The first-order chi connectivity index (χ1) is 9.79. The zero-order chi connectivity index (χ0) is 14.2. The SMILES string of the molecule is OCCc1ccccc1CC(O)CCc1ccccc1. The lowest BCUT2D eigenvalue weighted by Crippen LogP contribution is -2.13. The maximum atomic E-state index is 10.2. The van der Waals surface area contributed by atoms with Crippen molar-refractivity contribution < 1.29 is 10.2 Å². The third-order valence-electron chi connectivity index (χ3n) is 3.56. The van der Waals surface area contributed by atoms with Crippen LogP contribution in [0.4, 0.5) is 0 Å². The van der Waals surface area contributed by atoms with Crippen LogP contribution in [0.5, 0.6) is 0 Å². The monoisotopic (exact) mass is 270 g/mol. The second-order valence-electron chi connectivity index (χ2n) is 5.12. The van der Waals surface area contributed by atoms with Gasteiger partial charge in [-0.2, -0.15) is 0 Å². The number of aliphatic hydroxyl groups is 2. The highest BCUT2D eigenvalue weighted by Crippen LogP contribution is 2.14. The molecule has 0 fully saturated rings. The minimum atomic E-state index is -0.338. The van der Waals surface area contributed by atoms with Gasteiger partial charge in [0.1, 0.15) is 0 Å². The van der Waals surface area contributed by atoms with Gasteiger partial charge in [0.15, 0.2) is 0 Å². The van der Waals surface area contributed by atoms with Crippen LogP contribution in [0.1, 0.15) is 23.1 Å². The molecule has 1 unspecified atom stereocenters. The molecule has 0 aromatic heterocycles. The van der Waals surface area contributed by atoms with E-state index in [0.717, 1.165) is 24.0 Å². The van der Waals surface area contributed by atoms with E-state index in [1.165, 1.54) is 5.56 Å². The predicted molar refractivity (Wildman–Crippen MR) is 81.7 cm³/mol. The lowest BCUT2D eigenvalue weighted by Gasteiger charge is -2.13. The van der Waals surface area contributed by atoms with Crippen molar-refractivity contribution in [2.24, 2.45) is 0 Å². The Kier molecular flexibility index (Phi) is 5.78. The summed E-state index contributed by atoms with van der Waals surface area (Å²) >= 11 is 0. The zero-order valence-corrected chi connectivity index (χ0v) is 11.7. The van der Waals surface area contributed by atoms with Gasteiger partial charge in [-0.05, 0) is 42.4 Å². The molecule has 0 bridgehead atoms. The topological polar surface area (TPSA) is 40.5 Å². The van der Waals surface area contributed by atoms with Gasteiger partial charge in [0.2, 0.25) is 0 Å². The summed E-state index contributed by atoms with van der Waals surface area (Å²) in [5.41, 5.74) is 3.53. The molecule has 20 heavy (non-hydrogen) atoms. The Balaban J connectivity index is 1.89. The van der Waals surface area contributed by atoms with Crippen LogP contribution in [0.15, 0.2) is 54.6 Å². The highest BCUT2D eigenvalue weighted by atomic mass is 16.3. The van der Waals surface area contributed by atoms with Crippen molar-refractivity contribution in [2.45, 2.75) is 31.8 Å². The van der Waals surface area contributed by atoms with Gasteiger partial charge in [0, 0.05) is 6.61 Å². The molecule has 0 aliphatic heterocycles. The van der Waals surface area contributed by atoms with E-state index in [1.807, 2.05) is 42.5 Å². The lowest BCUT2D eigenvalue weighted by molar-refractivity contribution is 0.165. The molecular formula is C18H22O2. The first kappa shape index (κ1) is 14.8. The first-order valence-corrected chi connectivity index (χ1v) is 7.19. The average Bonchev–Trinajstić information content (AvgIpc) is 2.49. The highest BCUT2D eigenvalue weighted by Gasteiger charge is 2.09. The quantitative estimate of drug-likeness (QED) is 0.812. The van der Waals surface area contributed by atoms with E-state index in [2.05, 4.69) is 12.1 Å². The molecule has 2 rings (SSSR count). The molecule has 0 radical (unpaired) electrons. The van der Waals surface area contributed by atoms with E-state index in [1.54, 1.807) is 0 Å². The molecule has 0 heterocycles. The van der Waals surface area contributed by atoms with Crippen molar-refractivity contribution in [3.05, 3.63) is 71.3 Å². The normalized spacial score (nSPS) is 12.3. The minimum Gasteiger partial charge on any atom is -0.396 e. The van der Waals surface area contributed by atoms with E-state index in [4.69, 9.17) is 5.11 Å². The Hall–Kier alpha value is -1.64. The summed E-state index contributed by atoms with van der Waals surface area (Å²) in [6.45, 7) is 0.150. The lowest BCUT2D eigenvalue weighted by atomic mass is 9.96. The van der Waals surface area contributed by atoms with Gasteiger partial charge in [-0.3, -0.25) is 0 Å². The van der Waals surface area contributed by atoms with Crippen LogP contribution in [0.25, 0.3) is 0 Å². The molecule has 2 aromatic carbocycles. The maximum Gasteiger partial charge on any atom is 0.0583 e. The fourth-order valence-electron chi connectivity index (χ4n) is 2.45. The van der Waals surface area contributed by atoms with Gasteiger partial charge in [-0.25, -0.2) is 0 Å². The Morgan fingerprint density at radius 1 is 0.800 bits per heavy atom. The third-order valence-corrected chi connectivity index (χ3v) is 3.56. The van der Waals surface area contributed by atoms with E-state index in [-0.39, 0.29) is 12.7 Å². The molecule has 106 valence electrons. The Labute approximate surface area is 120 Å². The van der Waals surface area contributed by atoms with Crippen molar-refractivity contribution in [1.29, 1.82) is 0 Å². The molecular weight excluding hydrogens is 248 g/mol. The summed E-state index contributed by atoms with van der Waals surface area (Å²) in [5, 5.41) is 19.3. The van der Waals surface area contributed by atoms with Crippen molar-refractivity contribution in [2.75, 3.05) is 6.61 Å². The Morgan fingerprint density at radius 2 is 1.45 bits per heavy atom. The van der Waals surface area contributed by atoms with Gasteiger partial charge in [-0.15, -0.1) is 0 Å². The fourth-order valence-corrected chi connectivity index (χ4v) is 2.45. The van der Waals surface area contributed by atoms with Gasteiger partial charge in [-0.1, -0.05) is 54.6 Å². The minimum absolute atomic E-state index is 0.150. The molecule has 2 aromatic rings. The van der Waals surface area contributed by atoms with E-state index in [9.17, 15) is 5.11 Å². The second kappa shape index (κ2) is 7.83. The molecule has 0 spiro atoms. The standard InChI is InChI=1S/C18H22O2/c19-13-12-16-8-4-5-9-17(16)14-18(20)11-10-15-6-2-1-3-7-15/h1-9,18-20H,10-14H2. The summed E-state index contributed by atoms with van der Waals surface area (Å²) in [7, 11) is 0. The summed E-state index contributed by atoms with van der Waals surface area (Å²) in [6.07, 6.45) is 2.63. The number of hydrogen-bond acceptors (Lipinski definition) is 2. The molecule has 0 amide bonds. The number of aliphatic hydroxyl groups excluding tert-OH is 2. The van der Waals surface area contributed by atoms with Crippen LogP contribution in [0, 0.1) is 0 Å². The highest BCUT2D eigenvalue weighted by molar-refractivity contribution is 5.28. The zero-order valence-electron chi connectivity index (χ0n) is 11.7. The number of benzene rings is 2. The average molecular weight is 270 g/mol. The van der Waals surface area contributed by atoms with E-state index in [0.29, 0.717) is 12.8 Å². The van der Waals surface area contributed by atoms with Gasteiger partial charge < -0.3 is 10.2 Å². The molecule has 2 nitrogen and oxygen atoms in total. The number of rotatable bonds is 7. The van der Waals surface area contributed by atoms with Gasteiger partial charge in [0.25, 0.3) is 0 Å². The fraction of sp³-hybridized carbons (Fsp3) is 0.333. The molecule has 2 heteroatoms. The number of aryl methyl sites for hydroxylation is 1. The van der Waals surface area contributed by atoms with Crippen molar-refractivity contribution >= 4 is 0 Å². The van der Waals surface area contributed by atoms with Crippen LogP contribution < -0.4 is 0 Å². The second-order valence-corrected chi connectivity index (χ2v) is 5.12. The summed E-state index contributed by atoms with van der Waals surface area (Å²) in [5.74, 6) is 0. The Bertz CT molecular complexity index is 508. The third kappa shape index (κ3) is 4.48. The molecule has 0 saturated heterocycles. The van der Waals surface area contributed by atoms with Crippen LogP contribution in [0.2, 0.25) is 0 Å². The molecule has 0 aliphatic rings. The van der Waals surface area contributed by atoms with Crippen LogP contribution >= 0.6 is 0 Å². The van der Waals surface area contributed by atoms with Gasteiger partial charge >= 0.3 is 0 Å². The summed E-state index contributed by atoms with van der Waals surface area (Å²) < 4.78 is 0. The van der Waals surface area contributed by atoms with Crippen LogP contribution in [0.3, 0.4) is 0 Å². The summed E-state index contributed by atoms with van der Waals surface area (Å²) in [6, 6.07) is 18.3. The number of hydrogen-bond donors (Lipinski definition) is 2. The molecule has 2 N–H and O–H groups in total. The molecule has 0 saturated carbocycles. The smallest absolute Gasteiger partial charge is 0.0583 e. The first-order valence-electron chi connectivity index (χ1n) is 7.19. The molecule has 0 aliphatic carbocycles. The van der Waals surface area contributed by atoms with E-state index < -0.39 is 0 Å². The maximum absolute atomic E-state index is 10.2. The summed E-state index contributed by atoms with van der Waals surface area (Å²) in [4.78, 5) is 0. The van der Waals surface area contributed by atoms with Crippen molar-refractivity contribution in [3.63, 3.8) is 0 Å². The van der Waals surface area contributed by atoms with Crippen molar-refractivity contribution in [1.82, 2.24) is 0 Å². The largest absolute Gasteiger partial charge is 0.396 e. The predicted octanol–water partition coefficient (Wildman–Crippen LogP) is 2.76.